The van der Waals surface area contributed by atoms with Crippen LogP contribution in [0.5, 0.6) is 0 Å². The smallest absolute Gasteiger partial charge is 0.284 e. The Kier molecular flexibility index (Phi) is 6.22. The number of primary amides is 1. The Bertz CT molecular complexity index is 632. The van der Waals surface area contributed by atoms with Gasteiger partial charge in [-0.2, -0.15) is 5.10 Å². The molecule has 8 nitrogen and oxygen atoms in total. The van der Waals surface area contributed by atoms with E-state index in [2.05, 4.69) is 20.7 Å². The summed E-state index contributed by atoms with van der Waals surface area (Å²) in [4.78, 5) is 15.4. The van der Waals surface area contributed by atoms with E-state index in [0.717, 1.165) is 26.1 Å². The van der Waals surface area contributed by atoms with Crippen LogP contribution >= 0.6 is 0 Å². The van der Waals surface area contributed by atoms with E-state index in [1.807, 2.05) is 23.9 Å². The van der Waals surface area contributed by atoms with E-state index in [4.69, 9.17) is 10.2 Å². The topological polar surface area (TPSA) is 110 Å². The number of guanidine groups is 1. The summed E-state index contributed by atoms with van der Waals surface area (Å²) in [5, 5.41) is 10.6. The van der Waals surface area contributed by atoms with Gasteiger partial charge in [-0.1, -0.05) is 0 Å². The lowest BCUT2D eigenvalue weighted by molar-refractivity contribution is 0.0972. The number of hydrogen-bond acceptors (Lipinski definition) is 4. The standard InChI is InChI=1S/C15H22N6O2/c1-2-17-15(18-7-3-9-21-10-4-8-20-21)19-11-12-5-6-13(23-12)14(16)22/h4-6,8,10H,2-3,7,9,11H2,1H3,(H2,16,22)(H2,17,18,19). The maximum Gasteiger partial charge on any atom is 0.284 e. The van der Waals surface area contributed by atoms with Crippen molar-refractivity contribution in [2.45, 2.75) is 26.4 Å². The van der Waals surface area contributed by atoms with E-state index >= 15 is 0 Å². The molecule has 0 atom stereocenters. The Morgan fingerprint density at radius 3 is 2.96 bits per heavy atom. The zero-order valence-electron chi connectivity index (χ0n) is 13.2. The van der Waals surface area contributed by atoms with Gasteiger partial charge in [0.15, 0.2) is 11.7 Å². The van der Waals surface area contributed by atoms with E-state index < -0.39 is 5.91 Å². The van der Waals surface area contributed by atoms with E-state index in [-0.39, 0.29) is 5.76 Å². The molecule has 0 aliphatic carbocycles. The van der Waals surface area contributed by atoms with Gasteiger partial charge in [-0.3, -0.25) is 9.48 Å². The lowest BCUT2D eigenvalue weighted by Crippen LogP contribution is -2.38. The van der Waals surface area contributed by atoms with Crippen molar-refractivity contribution in [1.82, 2.24) is 20.4 Å². The molecule has 23 heavy (non-hydrogen) atoms. The average Bonchev–Trinajstić information content (AvgIpc) is 3.20. The van der Waals surface area contributed by atoms with Crippen molar-refractivity contribution in [3.63, 3.8) is 0 Å². The molecule has 0 aromatic carbocycles. The first kappa shape index (κ1) is 16.6. The molecular formula is C15H22N6O2. The van der Waals surface area contributed by atoms with E-state index in [1.165, 1.54) is 0 Å². The van der Waals surface area contributed by atoms with Gasteiger partial charge in [0.2, 0.25) is 0 Å². The van der Waals surface area contributed by atoms with Gasteiger partial charge in [-0.25, -0.2) is 4.99 Å². The summed E-state index contributed by atoms with van der Waals surface area (Å²) in [5.74, 6) is 0.855. The van der Waals surface area contributed by atoms with Crippen LogP contribution < -0.4 is 16.4 Å². The number of nitrogens with zero attached hydrogens (tertiary/aromatic N) is 3. The predicted molar refractivity (Wildman–Crippen MR) is 86.9 cm³/mol. The summed E-state index contributed by atoms with van der Waals surface area (Å²) in [6.07, 6.45) is 4.63. The monoisotopic (exact) mass is 318 g/mol. The summed E-state index contributed by atoms with van der Waals surface area (Å²) in [5.41, 5.74) is 5.15. The van der Waals surface area contributed by atoms with Crippen molar-refractivity contribution in [2.24, 2.45) is 10.7 Å². The van der Waals surface area contributed by atoms with Gasteiger partial charge in [0.05, 0.1) is 0 Å². The van der Waals surface area contributed by atoms with Crippen molar-refractivity contribution in [2.75, 3.05) is 13.1 Å². The molecule has 0 fully saturated rings. The minimum atomic E-state index is -0.580. The third kappa shape index (κ3) is 5.50. The van der Waals surface area contributed by atoms with E-state index in [1.54, 1.807) is 18.3 Å². The largest absolute Gasteiger partial charge is 0.454 e. The van der Waals surface area contributed by atoms with Crippen molar-refractivity contribution >= 4 is 11.9 Å². The molecule has 2 aromatic heterocycles. The van der Waals surface area contributed by atoms with E-state index in [9.17, 15) is 4.79 Å². The number of hydrogen-bond donors (Lipinski definition) is 3. The van der Waals surface area contributed by atoms with Gasteiger partial charge in [-0.05, 0) is 31.5 Å². The molecule has 0 aliphatic rings. The third-order valence-electron chi connectivity index (χ3n) is 3.06. The molecule has 1 amide bonds. The molecule has 0 radical (unpaired) electrons. The molecule has 2 heterocycles. The molecule has 0 saturated heterocycles. The van der Waals surface area contributed by atoms with Gasteiger partial charge < -0.3 is 20.8 Å². The van der Waals surface area contributed by atoms with Crippen LogP contribution in [0.25, 0.3) is 0 Å². The first-order valence-corrected chi connectivity index (χ1v) is 7.57. The molecule has 0 aliphatic heterocycles. The first-order chi connectivity index (χ1) is 11.2. The maximum atomic E-state index is 11.0. The Balaban J connectivity index is 1.80. The van der Waals surface area contributed by atoms with Crippen LogP contribution in [-0.2, 0) is 13.1 Å². The molecule has 2 rings (SSSR count). The van der Waals surface area contributed by atoms with Crippen molar-refractivity contribution in [1.29, 1.82) is 0 Å². The lowest BCUT2D eigenvalue weighted by atomic mass is 10.4. The van der Waals surface area contributed by atoms with Crippen molar-refractivity contribution in [3.05, 3.63) is 42.1 Å². The van der Waals surface area contributed by atoms with Gasteiger partial charge >= 0.3 is 0 Å². The maximum absolute atomic E-state index is 11.0. The molecule has 4 N–H and O–H groups in total. The van der Waals surface area contributed by atoms with Crippen LogP contribution in [0.15, 0.2) is 40.0 Å². The summed E-state index contributed by atoms with van der Waals surface area (Å²) >= 11 is 0. The number of amides is 1. The molecule has 0 unspecified atom stereocenters. The van der Waals surface area contributed by atoms with Gasteiger partial charge in [0.1, 0.15) is 12.3 Å². The molecule has 8 heteroatoms. The van der Waals surface area contributed by atoms with Crippen LogP contribution in [0.3, 0.4) is 0 Å². The second-order valence-electron chi connectivity index (χ2n) is 4.87. The number of nitrogens with two attached hydrogens (primary N) is 1. The SMILES string of the molecule is CCNC(=NCc1ccc(C(N)=O)o1)NCCCn1cccn1. The summed E-state index contributed by atoms with van der Waals surface area (Å²) in [6, 6.07) is 5.16. The minimum Gasteiger partial charge on any atom is -0.454 e. The normalized spacial score (nSPS) is 11.4. The number of aromatic nitrogens is 2. The molecule has 0 spiro atoms. The molecule has 2 aromatic rings. The van der Waals surface area contributed by atoms with Crippen LogP contribution in [0, 0.1) is 0 Å². The molecule has 0 saturated carbocycles. The highest BCUT2D eigenvalue weighted by atomic mass is 16.3. The molecule has 124 valence electrons. The Morgan fingerprint density at radius 2 is 2.30 bits per heavy atom. The Hall–Kier alpha value is -2.77. The zero-order valence-corrected chi connectivity index (χ0v) is 13.2. The number of aryl methyl sites for hydroxylation is 1. The van der Waals surface area contributed by atoms with Gasteiger partial charge in [-0.15, -0.1) is 0 Å². The number of furan rings is 1. The third-order valence-corrected chi connectivity index (χ3v) is 3.06. The van der Waals surface area contributed by atoms with Crippen LogP contribution in [0.4, 0.5) is 0 Å². The average molecular weight is 318 g/mol. The Labute approximate surface area is 134 Å². The van der Waals surface area contributed by atoms with Crippen LogP contribution in [0.2, 0.25) is 0 Å². The highest BCUT2D eigenvalue weighted by molar-refractivity contribution is 5.89. The van der Waals surface area contributed by atoms with E-state index in [0.29, 0.717) is 18.3 Å². The van der Waals surface area contributed by atoms with Crippen LogP contribution in [0.1, 0.15) is 29.7 Å². The fraction of sp³-hybridized carbons (Fsp3) is 0.400. The number of rotatable bonds is 8. The summed E-state index contributed by atoms with van der Waals surface area (Å²) in [6.45, 7) is 4.71. The molecule has 0 bridgehead atoms. The minimum absolute atomic E-state index is 0.146. The van der Waals surface area contributed by atoms with Gasteiger partial charge in [0.25, 0.3) is 5.91 Å². The fourth-order valence-electron chi connectivity index (χ4n) is 1.97. The van der Waals surface area contributed by atoms with Crippen molar-refractivity contribution < 1.29 is 9.21 Å². The zero-order chi connectivity index (χ0) is 16.5. The predicted octanol–water partition coefficient (Wildman–Crippen LogP) is 0.720. The van der Waals surface area contributed by atoms with Gasteiger partial charge in [0, 0.05) is 32.0 Å². The number of carbonyl (C=O) groups is 1. The quantitative estimate of drug-likeness (QED) is 0.377. The highest BCUT2D eigenvalue weighted by Gasteiger charge is 2.06. The fourth-order valence-corrected chi connectivity index (χ4v) is 1.97. The Morgan fingerprint density at radius 1 is 1.43 bits per heavy atom. The van der Waals surface area contributed by atoms with Crippen molar-refractivity contribution in [3.8, 4) is 0 Å². The first-order valence-electron chi connectivity index (χ1n) is 7.57. The summed E-state index contributed by atoms with van der Waals surface area (Å²) < 4.78 is 7.19. The second-order valence-corrected chi connectivity index (χ2v) is 4.87. The number of carbonyl (C=O) groups excluding carboxylic acids is 1. The lowest BCUT2D eigenvalue weighted by Gasteiger charge is -2.10. The molecular weight excluding hydrogens is 296 g/mol. The second kappa shape index (κ2) is 8.62. The van der Waals surface area contributed by atoms with Crippen LogP contribution in [-0.4, -0.2) is 34.7 Å². The number of nitrogens with one attached hydrogen (secondary N) is 2. The summed E-state index contributed by atoms with van der Waals surface area (Å²) in [7, 11) is 0. The highest BCUT2D eigenvalue weighted by Crippen LogP contribution is 2.08. The number of aliphatic imine (C=N–C) groups is 1.